The third-order valence-corrected chi connectivity index (χ3v) is 6.73. The molecule has 0 fully saturated rings. The van der Waals surface area contributed by atoms with E-state index in [2.05, 4.69) is 10.3 Å². The number of methoxy groups -OCH3 is 2. The van der Waals surface area contributed by atoms with Crippen LogP contribution in [-0.2, 0) is 6.42 Å². The highest BCUT2D eigenvalue weighted by atomic mass is 32.1. The number of benzene rings is 1. The van der Waals surface area contributed by atoms with Gasteiger partial charge in [-0.3, -0.25) is 4.79 Å². The molecule has 0 unspecified atom stereocenters. The lowest BCUT2D eigenvalue weighted by Gasteiger charge is -2.10. The third-order valence-electron chi connectivity index (χ3n) is 4.72. The lowest BCUT2D eigenvalue weighted by atomic mass is 10.1. The SMILES string of the molecule is COc1ccc(CCNC(=O)c2sc3nc(-c4cccs4)ccc3c2N)cc1OC. The molecule has 0 radical (unpaired) electrons. The molecule has 8 heteroatoms. The Labute approximate surface area is 182 Å². The van der Waals surface area contributed by atoms with Crippen LogP contribution in [0.3, 0.4) is 0 Å². The van der Waals surface area contributed by atoms with E-state index in [0.29, 0.717) is 35.0 Å². The summed E-state index contributed by atoms with van der Waals surface area (Å²) in [7, 11) is 3.21. The first-order chi connectivity index (χ1) is 14.6. The van der Waals surface area contributed by atoms with Crippen molar-refractivity contribution in [2.45, 2.75) is 6.42 Å². The van der Waals surface area contributed by atoms with E-state index in [0.717, 1.165) is 26.4 Å². The maximum absolute atomic E-state index is 12.7. The number of anilines is 1. The first-order valence-corrected chi connectivity index (χ1v) is 11.0. The molecule has 1 aromatic carbocycles. The monoisotopic (exact) mass is 439 g/mol. The van der Waals surface area contributed by atoms with Gasteiger partial charge in [-0.1, -0.05) is 12.1 Å². The van der Waals surface area contributed by atoms with Crippen LogP contribution in [0.15, 0.2) is 47.8 Å². The van der Waals surface area contributed by atoms with Gasteiger partial charge in [0.1, 0.15) is 9.71 Å². The average Bonchev–Trinajstić information content (AvgIpc) is 3.42. The molecule has 0 spiro atoms. The number of pyridine rings is 1. The predicted octanol–water partition coefficient (Wildman–Crippen LogP) is 4.60. The largest absolute Gasteiger partial charge is 0.493 e. The minimum Gasteiger partial charge on any atom is -0.493 e. The van der Waals surface area contributed by atoms with Crippen LogP contribution in [0.25, 0.3) is 20.8 Å². The number of ether oxygens (including phenoxy) is 2. The molecule has 0 aliphatic carbocycles. The fourth-order valence-electron chi connectivity index (χ4n) is 3.16. The zero-order chi connectivity index (χ0) is 21.1. The molecule has 3 N–H and O–H groups in total. The number of aromatic nitrogens is 1. The highest BCUT2D eigenvalue weighted by molar-refractivity contribution is 7.21. The Kier molecular flexibility index (Phi) is 5.87. The molecule has 4 rings (SSSR count). The number of thiophene rings is 2. The quantitative estimate of drug-likeness (QED) is 0.440. The molecule has 0 saturated heterocycles. The van der Waals surface area contributed by atoms with Crippen LogP contribution >= 0.6 is 22.7 Å². The number of nitrogens with two attached hydrogens (primary N) is 1. The van der Waals surface area contributed by atoms with Crippen molar-refractivity contribution < 1.29 is 14.3 Å². The van der Waals surface area contributed by atoms with Gasteiger partial charge < -0.3 is 20.5 Å². The summed E-state index contributed by atoms with van der Waals surface area (Å²) in [4.78, 5) is 19.7. The summed E-state index contributed by atoms with van der Waals surface area (Å²) in [6.07, 6.45) is 0.664. The number of carbonyl (C=O) groups is 1. The van der Waals surface area contributed by atoms with Crippen LogP contribution in [0.1, 0.15) is 15.2 Å². The van der Waals surface area contributed by atoms with Crippen LogP contribution in [0, 0.1) is 0 Å². The van der Waals surface area contributed by atoms with Crippen molar-refractivity contribution in [2.24, 2.45) is 0 Å². The van der Waals surface area contributed by atoms with Crippen molar-refractivity contribution in [2.75, 3.05) is 26.5 Å². The summed E-state index contributed by atoms with van der Waals surface area (Å²) >= 11 is 2.95. The van der Waals surface area contributed by atoms with E-state index in [1.165, 1.54) is 11.3 Å². The van der Waals surface area contributed by atoms with Crippen molar-refractivity contribution in [3.8, 4) is 22.1 Å². The van der Waals surface area contributed by atoms with Gasteiger partial charge in [0.2, 0.25) is 0 Å². The molecule has 0 saturated carbocycles. The van der Waals surface area contributed by atoms with Gasteiger partial charge in [0.05, 0.1) is 30.5 Å². The minimum absolute atomic E-state index is 0.186. The second-order valence-corrected chi connectivity index (χ2v) is 8.51. The van der Waals surface area contributed by atoms with Crippen LogP contribution in [-0.4, -0.2) is 31.7 Å². The van der Waals surface area contributed by atoms with Gasteiger partial charge in [0.25, 0.3) is 5.91 Å². The zero-order valence-electron chi connectivity index (χ0n) is 16.6. The Hall–Kier alpha value is -3.10. The maximum Gasteiger partial charge on any atom is 0.263 e. The Morgan fingerprint density at radius 3 is 2.70 bits per heavy atom. The Bertz CT molecular complexity index is 1190. The summed E-state index contributed by atoms with van der Waals surface area (Å²) in [6.45, 7) is 0.482. The number of nitrogens with zero attached hydrogens (tertiary/aromatic N) is 1. The molecule has 30 heavy (non-hydrogen) atoms. The van der Waals surface area contributed by atoms with E-state index >= 15 is 0 Å². The first-order valence-electron chi connectivity index (χ1n) is 9.32. The van der Waals surface area contributed by atoms with E-state index in [1.807, 2.05) is 47.8 Å². The molecule has 0 atom stereocenters. The molecule has 4 aromatic rings. The lowest BCUT2D eigenvalue weighted by Crippen LogP contribution is -2.25. The second-order valence-electron chi connectivity index (χ2n) is 6.57. The van der Waals surface area contributed by atoms with E-state index in [1.54, 1.807) is 25.6 Å². The Morgan fingerprint density at radius 1 is 1.13 bits per heavy atom. The number of rotatable bonds is 7. The smallest absolute Gasteiger partial charge is 0.263 e. The van der Waals surface area contributed by atoms with Crippen LogP contribution in [0.5, 0.6) is 11.5 Å². The first kappa shape index (κ1) is 20.2. The van der Waals surface area contributed by atoms with Crippen molar-refractivity contribution in [1.29, 1.82) is 0 Å². The third kappa shape index (κ3) is 3.96. The molecule has 0 bridgehead atoms. The maximum atomic E-state index is 12.7. The molecule has 0 aliphatic rings. The highest BCUT2D eigenvalue weighted by Crippen LogP contribution is 2.35. The van der Waals surface area contributed by atoms with Gasteiger partial charge in [-0.2, -0.15) is 0 Å². The fraction of sp³-hybridized carbons (Fsp3) is 0.182. The van der Waals surface area contributed by atoms with Gasteiger partial charge in [-0.05, 0) is 47.7 Å². The Morgan fingerprint density at radius 2 is 1.97 bits per heavy atom. The molecule has 3 aromatic heterocycles. The predicted molar refractivity (Wildman–Crippen MR) is 123 cm³/mol. The van der Waals surface area contributed by atoms with E-state index < -0.39 is 0 Å². The van der Waals surface area contributed by atoms with E-state index in [9.17, 15) is 4.79 Å². The number of hydrogen-bond acceptors (Lipinski definition) is 7. The standard InChI is InChI=1S/C22H21N3O3S2/c1-27-16-8-5-13(12-17(16)28-2)9-10-24-21(26)20-19(23)14-6-7-15(25-22(14)30-20)18-4-3-11-29-18/h3-8,11-12H,9-10,23H2,1-2H3,(H,24,26). The summed E-state index contributed by atoms with van der Waals surface area (Å²) < 4.78 is 10.6. The summed E-state index contributed by atoms with van der Waals surface area (Å²) in [5, 5.41) is 5.78. The molecule has 154 valence electrons. The molecule has 3 heterocycles. The van der Waals surface area contributed by atoms with Crippen LogP contribution < -0.4 is 20.5 Å². The normalized spacial score (nSPS) is 10.9. The molecular weight excluding hydrogens is 418 g/mol. The van der Waals surface area contributed by atoms with Crippen molar-refractivity contribution in [3.63, 3.8) is 0 Å². The average molecular weight is 440 g/mol. The van der Waals surface area contributed by atoms with Crippen molar-refractivity contribution >= 4 is 44.5 Å². The van der Waals surface area contributed by atoms with E-state index in [-0.39, 0.29) is 5.91 Å². The highest BCUT2D eigenvalue weighted by Gasteiger charge is 2.18. The summed E-state index contributed by atoms with van der Waals surface area (Å²) in [5.41, 5.74) is 8.65. The van der Waals surface area contributed by atoms with Gasteiger partial charge in [0, 0.05) is 11.9 Å². The van der Waals surface area contributed by atoms with Crippen molar-refractivity contribution in [3.05, 3.63) is 58.3 Å². The van der Waals surface area contributed by atoms with Gasteiger partial charge in [-0.25, -0.2) is 4.98 Å². The van der Waals surface area contributed by atoms with Gasteiger partial charge >= 0.3 is 0 Å². The molecular formula is C22H21N3O3S2. The van der Waals surface area contributed by atoms with Crippen LogP contribution in [0.2, 0.25) is 0 Å². The second kappa shape index (κ2) is 8.73. The lowest BCUT2D eigenvalue weighted by molar-refractivity contribution is 0.0959. The molecule has 0 aliphatic heterocycles. The number of carbonyl (C=O) groups excluding carboxylic acids is 1. The molecule has 6 nitrogen and oxygen atoms in total. The minimum atomic E-state index is -0.186. The number of nitrogen functional groups attached to an aromatic ring is 1. The van der Waals surface area contributed by atoms with Gasteiger partial charge in [0.15, 0.2) is 11.5 Å². The van der Waals surface area contributed by atoms with E-state index in [4.69, 9.17) is 15.2 Å². The number of hydrogen-bond donors (Lipinski definition) is 2. The number of nitrogens with one attached hydrogen (secondary N) is 1. The fourth-order valence-corrected chi connectivity index (χ4v) is 4.87. The number of amides is 1. The summed E-state index contributed by atoms with van der Waals surface area (Å²) in [5.74, 6) is 1.16. The van der Waals surface area contributed by atoms with Crippen molar-refractivity contribution in [1.82, 2.24) is 10.3 Å². The van der Waals surface area contributed by atoms with Gasteiger partial charge in [-0.15, -0.1) is 22.7 Å². The summed E-state index contributed by atoms with van der Waals surface area (Å²) in [6, 6.07) is 13.6. The zero-order valence-corrected chi connectivity index (χ0v) is 18.2. The molecule has 1 amide bonds. The number of fused-ring (bicyclic) bond motifs is 1. The topological polar surface area (TPSA) is 86.5 Å². The van der Waals surface area contributed by atoms with Crippen LogP contribution in [0.4, 0.5) is 5.69 Å². The Balaban J connectivity index is 1.46.